The maximum absolute atomic E-state index is 13.7. The maximum Gasteiger partial charge on any atom is 0.343 e. The van der Waals surface area contributed by atoms with Crippen molar-refractivity contribution in [1.82, 2.24) is 5.32 Å². The summed E-state index contributed by atoms with van der Waals surface area (Å²) in [6.45, 7) is 1.38. The molecule has 1 saturated carbocycles. The number of benzene rings is 1. The quantitative estimate of drug-likeness (QED) is 0.814. The molecule has 3 rings (SSSR count). The number of hydrogen-bond acceptors (Lipinski definition) is 4. The van der Waals surface area contributed by atoms with E-state index >= 15 is 0 Å². The Bertz CT molecular complexity index is 616. The predicted octanol–water partition coefficient (Wildman–Crippen LogP) is 2.74. The molecule has 1 aliphatic carbocycles. The molecule has 1 aromatic rings. The molecule has 1 aromatic carbocycles. The molecule has 0 bridgehead atoms. The molecule has 0 spiro atoms. The zero-order chi connectivity index (χ0) is 18.1. The lowest BCUT2D eigenvalue weighted by molar-refractivity contribution is -0.181. The third-order valence-electron chi connectivity index (χ3n) is 5.15. The minimum Gasteiger partial charge on any atom is -0.460 e. The van der Waals surface area contributed by atoms with Crippen LogP contribution in [0.25, 0.3) is 0 Å². The summed E-state index contributed by atoms with van der Waals surface area (Å²) in [4.78, 5) is 12.8. The molecule has 1 saturated heterocycles. The first-order chi connectivity index (χ1) is 11.8. The summed E-state index contributed by atoms with van der Waals surface area (Å²) < 4.78 is 46.1. The smallest absolute Gasteiger partial charge is 0.343 e. The first-order valence-corrected chi connectivity index (χ1v) is 8.59. The van der Waals surface area contributed by atoms with Crippen molar-refractivity contribution in [2.75, 3.05) is 13.1 Å². The highest BCUT2D eigenvalue weighted by Crippen LogP contribution is 2.48. The van der Waals surface area contributed by atoms with Crippen molar-refractivity contribution in [3.05, 3.63) is 35.6 Å². The molecular weight excluding hydrogens is 335 g/mol. The second kappa shape index (κ2) is 6.96. The van der Waals surface area contributed by atoms with Gasteiger partial charge in [-0.1, -0.05) is 12.1 Å². The van der Waals surface area contributed by atoms with Crippen molar-refractivity contribution in [1.29, 1.82) is 0 Å². The molecule has 2 fully saturated rings. The zero-order valence-electron chi connectivity index (χ0n) is 13.8. The van der Waals surface area contributed by atoms with Crippen LogP contribution in [0, 0.1) is 11.7 Å². The third kappa shape index (κ3) is 3.82. The van der Waals surface area contributed by atoms with E-state index in [1.807, 2.05) is 0 Å². The van der Waals surface area contributed by atoms with Crippen LogP contribution in [0.2, 0.25) is 0 Å². The summed E-state index contributed by atoms with van der Waals surface area (Å²) in [6, 6.07) is 4.72. The van der Waals surface area contributed by atoms with E-state index in [1.165, 1.54) is 12.1 Å². The lowest BCUT2D eigenvalue weighted by atomic mass is 9.80. The molecule has 138 valence electrons. The lowest BCUT2D eigenvalue weighted by Gasteiger charge is -2.34. The van der Waals surface area contributed by atoms with Gasteiger partial charge in [0.1, 0.15) is 11.9 Å². The highest BCUT2D eigenvalue weighted by atomic mass is 19.3. The molecule has 7 heteroatoms. The van der Waals surface area contributed by atoms with Crippen LogP contribution >= 0.6 is 0 Å². The summed E-state index contributed by atoms with van der Waals surface area (Å²) in [5, 5.41) is 14.3. The maximum atomic E-state index is 13.7. The van der Waals surface area contributed by atoms with Crippen LogP contribution in [-0.4, -0.2) is 36.2 Å². The number of hydrogen-bond donors (Lipinski definition) is 2. The monoisotopic (exact) mass is 357 g/mol. The van der Waals surface area contributed by atoms with Gasteiger partial charge >= 0.3 is 5.97 Å². The van der Waals surface area contributed by atoms with Gasteiger partial charge in [0.2, 0.25) is 5.92 Å². The summed E-state index contributed by atoms with van der Waals surface area (Å²) in [5.74, 6) is -5.35. The molecule has 2 unspecified atom stereocenters. The summed E-state index contributed by atoms with van der Waals surface area (Å²) >= 11 is 0. The van der Waals surface area contributed by atoms with Gasteiger partial charge in [-0.05, 0) is 50.0 Å². The Balaban J connectivity index is 1.88. The molecular formula is C18H22F3NO3. The van der Waals surface area contributed by atoms with E-state index in [-0.39, 0.29) is 24.5 Å². The van der Waals surface area contributed by atoms with Gasteiger partial charge in [0.15, 0.2) is 5.60 Å². The Morgan fingerprint density at radius 1 is 1.20 bits per heavy atom. The highest BCUT2D eigenvalue weighted by Gasteiger charge is 2.54. The molecule has 4 nitrogen and oxygen atoms in total. The van der Waals surface area contributed by atoms with E-state index in [0.29, 0.717) is 25.9 Å². The van der Waals surface area contributed by atoms with Crippen molar-refractivity contribution in [3.63, 3.8) is 0 Å². The Kier molecular flexibility index (Phi) is 5.06. The Morgan fingerprint density at radius 3 is 2.40 bits per heavy atom. The normalized spacial score (nSPS) is 26.2. The summed E-state index contributed by atoms with van der Waals surface area (Å²) in [5.41, 5.74) is -2.10. The number of carbonyl (C=O) groups is 1. The third-order valence-corrected chi connectivity index (χ3v) is 5.15. The molecule has 1 heterocycles. The van der Waals surface area contributed by atoms with Crippen LogP contribution in [0.3, 0.4) is 0 Å². The van der Waals surface area contributed by atoms with Gasteiger partial charge in [-0.2, -0.15) is 0 Å². The molecule has 2 N–H and O–H groups in total. The van der Waals surface area contributed by atoms with E-state index in [1.54, 1.807) is 0 Å². The molecule has 0 amide bonds. The fourth-order valence-electron chi connectivity index (χ4n) is 3.69. The number of esters is 1. The fourth-order valence-corrected chi connectivity index (χ4v) is 3.69. The van der Waals surface area contributed by atoms with E-state index in [9.17, 15) is 23.1 Å². The van der Waals surface area contributed by atoms with E-state index in [4.69, 9.17) is 4.74 Å². The highest BCUT2D eigenvalue weighted by molar-refractivity contribution is 5.81. The van der Waals surface area contributed by atoms with Crippen LogP contribution in [0.4, 0.5) is 13.2 Å². The number of aliphatic hydroxyl groups is 1. The Labute approximate surface area is 144 Å². The van der Waals surface area contributed by atoms with Gasteiger partial charge in [0.05, 0.1) is 0 Å². The van der Waals surface area contributed by atoms with Gasteiger partial charge in [0, 0.05) is 18.8 Å². The van der Waals surface area contributed by atoms with E-state index in [0.717, 1.165) is 12.1 Å². The van der Waals surface area contributed by atoms with Crippen LogP contribution < -0.4 is 5.32 Å². The second-order valence-corrected chi connectivity index (χ2v) is 6.92. The van der Waals surface area contributed by atoms with E-state index < -0.39 is 35.6 Å². The van der Waals surface area contributed by atoms with Gasteiger partial charge in [-0.3, -0.25) is 0 Å². The lowest BCUT2D eigenvalue weighted by Crippen LogP contribution is -2.46. The molecule has 2 atom stereocenters. The molecule has 1 aliphatic heterocycles. The van der Waals surface area contributed by atoms with Crippen molar-refractivity contribution < 1.29 is 27.8 Å². The first-order valence-electron chi connectivity index (χ1n) is 8.59. The average Bonchev–Trinajstić information content (AvgIpc) is 2.96. The van der Waals surface area contributed by atoms with Crippen LogP contribution in [0.5, 0.6) is 0 Å². The zero-order valence-corrected chi connectivity index (χ0v) is 13.8. The van der Waals surface area contributed by atoms with Gasteiger partial charge in [0.25, 0.3) is 0 Å². The fraction of sp³-hybridized carbons (Fsp3) is 0.611. The average molecular weight is 357 g/mol. The summed E-state index contributed by atoms with van der Waals surface area (Å²) in [7, 11) is 0. The van der Waals surface area contributed by atoms with E-state index in [2.05, 4.69) is 5.32 Å². The topological polar surface area (TPSA) is 58.6 Å². The van der Waals surface area contributed by atoms with Crippen molar-refractivity contribution in [2.24, 2.45) is 5.92 Å². The van der Waals surface area contributed by atoms with Crippen LogP contribution in [0.15, 0.2) is 24.3 Å². The molecule has 0 radical (unpaired) electrons. The van der Waals surface area contributed by atoms with Crippen molar-refractivity contribution in [2.45, 2.75) is 49.7 Å². The number of ether oxygens (including phenoxy) is 1. The molecule has 0 aromatic heterocycles. The SMILES string of the molecule is O=C(OC1CCNCC1)C(O)(c1ccc(F)cc1)C1CCC(F)(F)C1. The van der Waals surface area contributed by atoms with Crippen LogP contribution in [-0.2, 0) is 15.1 Å². The number of nitrogens with one attached hydrogen (secondary N) is 1. The largest absolute Gasteiger partial charge is 0.460 e. The number of alkyl halides is 2. The van der Waals surface area contributed by atoms with Gasteiger partial charge in [-0.15, -0.1) is 0 Å². The van der Waals surface area contributed by atoms with Gasteiger partial charge < -0.3 is 15.2 Å². The second-order valence-electron chi connectivity index (χ2n) is 6.92. The first kappa shape index (κ1) is 18.2. The minimum atomic E-state index is -2.92. The van der Waals surface area contributed by atoms with Crippen molar-refractivity contribution in [3.8, 4) is 0 Å². The molecule has 2 aliphatic rings. The molecule has 25 heavy (non-hydrogen) atoms. The number of carbonyl (C=O) groups excluding carboxylic acids is 1. The Hall–Kier alpha value is -1.60. The van der Waals surface area contributed by atoms with Gasteiger partial charge in [-0.25, -0.2) is 18.0 Å². The minimum absolute atomic E-state index is 0.00218. The van der Waals surface area contributed by atoms with Crippen molar-refractivity contribution >= 4 is 5.97 Å². The standard InChI is InChI=1S/C18H22F3NO3/c19-14-3-1-12(2-4-14)18(24,13-5-8-17(20,21)11-13)16(23)25-15-6-9-22-10-7-15/h1-4,13,15,22,24H,5-11H2. The Morgan fingerprint density at radius 2 is 1.84 bits per heavy atom. The number of rotatable bonds is 4. The number of piperidine rings is 1. The van der Waals surface area contributed by atoms with Crippen LogP contribution in [0.1, 0.15) is 37.7 Å². The number of halogens is 3. The summed E-state index contributed by atoms with van der Waals surface area (Å²) in [6.07, 6.45) is -0.132. The predicted molar refractivity (Wildman–Crippen MR) is 84.6 cm³/mol.